The van der Waals surface area contributed by atoms with Gasteiger partial charge in [0.25, 0.3) is 0 Å². The molecule has 28 heavy (non-hydrogen) atoms. The van der Waals surface area contributed by atoms with Crippen LogP contribution in [0.4, 0.5) is 0 Å². The quantitative estimate of drug-likeness (QED) is 0.774. The van der Waals surface area contributed by atoms with Gasteiger partial charge in [0.2, 0.25) is 10.0 Å². The Hall–Kier alpha value is -1.80. The number of nitrogens with zero attached hydrogens (tertiary/aromatic N) is 1. The second-order valence-electron chi connectivity index (χ2n) is 6.95. The standard InChI is InChI=1S/C20H23ClN2O4S/c21-16-3-1-4-17(14-16)28(24,25)22-8-10-23-9-2-5-18(23)15-6-7-19-20(13-15)27-12-11-26-19/h1,3-4,6-7,13-14,18,22H,2,5,8-12H2. The number of hydrogen-bond donors (Lipinski definition) is 1. The number of sulfonamides is 1. The van der Waals surface area contributed by atoms with Crippen LogP contribution >= 0.6 is 11.6 Å². The van der Waals surface area contributed by atoms with Gasteiger partial charge in [-0.15, -0.1) is 0 Å². The predicted octanol–water partition coefficient (Wildman–Crippen LogP) is 3.23. The molecule has 0 aliphatic carbocycles. The van der Waals surface area contributed by atoms with Gasteiger partial charge in [-0.2, -0.15) is 0 Å². The van der Waals surface area contributed by atoms with Crippen molar-refractivity contribution < 1.29 is 17.9 Å². The molecule has 1 fully saturated rings. The first-order valence-corrected chi connectivity index (χ1v) is 11.3. The second kappa shape index (κ2) is 8.29. The van der Waals surface area contributed by atoms with E-state index in [0.717, 1.165) is 30.9 Å². The minimum Gasteiger partial charge on any atom is -0.486 e. The number of benzene rings is 2. The van der Waals surface area contributed by atoms with Crippen LogP contribution in [-0.4, -0.2) is 46.2 Å². The highest BCUT2D eigenvalue weighted by Crippen LogP contribution is 2.37. The van der Waals surface area contributed by atoms with Gasteiger partial charge >= 0.3 is 0 Å². The van der Waals surface area contributed by atoms with E-state index in [1.165, 1.54) is 11.6 Å². The van der Waals surface area contributed by atoms with E-state index in [1.807, 2.05) is 12.1 Å². The Labute approximate surface area is 170 Å². The molecule has 0 spiro atoms. The van der Waals surface area contributed by atoms with Gasteiger partial charge in [0.15, 0.2) is 11.5 Å². The van der Waals surface area contributed by atoms with Crippen LogP contribution in [0.3, 0.4) is 0 Å². The average Bonchev–Trinajstić information content (AvgIpc) is 3.16. The van der Waals surface area contributed by atoms with Gasteiger partial charge in [-0.25, -0.2) is 13.1 Å². The maximum Gasteiger partial charge on any atom is 0.240 e. The van der Waals surface area contributed by atoms with Crippen molar-refractivity contribution in [1.82, 2.24) is 9.62 Å². The number of likely N-dealkylation sites (tertiary alicyclic amines) is 1. The molecular formula is C20H23ClN2O4S. The molecule has 2 aromatic carbocycles. The van der Waals surface area contributed by atoms with Crippen LogP contribution in [0.15, 0.2) is 47.4 Å². The highest BCUT2D eigenvalue weighted by atomic mass is 35.5. The van der Waals surface area contributed by atoms with Crippen LogP contribution in [0.1, 0.15) is 24.4 Å². The fourth-order valence-corrected chi connectivity index (χ4v) is 5.10. The first kappa shape index (κ1) is 19.5. The summed E-state index contributed by atoms with van der Waals surface area (Å²) in [6, 6.07) is 12.6. The Morgan fingerprint density at radius 1 is 1.11 bits per heavy atom. The minimum absolute atomic E-state index is 0.185. The normalized spacial score (nSPS) is 19.7. The van der Waals surface area contributed by atoms with Crippen LogP contribution in [0.5, 0.6) is 11.5 Å². The van der Waals surface area contributed by atoms with Gasteiger partial charge < -0.3 is 9.47 Å². The molecule has 0 amide bonds. The second-order valence-corrected chi connectivity index (χ2v) is 9.16. The summed E-state index contributed by atoms with van der Waals surface area (Å²) in [5, 5.41) is 0.404. The van der Waals surface area contributed by atoms with E-state index >= 15 is 0 Å². The van der Waals surface area contributed by atoms with E-state index in [2.05, 4.69) is 15.7 Å². The summed E-state index contributed by atoms with van der Waals surface area (Å²) in [5.41, 5.74) is 1.18. The van der Waals surface area contributed by atoms with E-state index in [9.17, 15) is 8.42 Å². The van der Waals surface area contributed by atoms with E-state index in [4.69, 9.17) is 21.1 Å². The molecule has 150 valence electrons. The lowest BCUT2D eigenvalue weighted by atomic mass is 10.0. The zero-order valence-electron chi connectivity index (χ0n) is 15.4. The summed E-state index contributed by atoms with van der Waals surface area (Å²) in [5.74, 6) is 1.58. The number of fused-ring (bicyclic) bond motifs is 1. The molecule has 0 bridgehead atoms. The van der Waals surface area contributed by atoms with E-state index in [-0.39, 0.29) is 10.9 Å². The molecule has 6 nitrogen and oxygen atoms in total. The van der Waals surface area contributed by atoms with E-state index < -0.39 is 10.0 Å². The van der Waals surface area contributed by atoms with Crippen molar-refractivity contribution in [3.05, 3.63) is 53.1 Å². The number of rotatable bonds is 6. The summed E-state index contributed by atoms with van der Waals surface area (Å²) in [6.07, 6.45) is 2.13. The average molecular weight is 423 g/mol. The minimum atomic E-state index is -3.57. The van der Waals surface area contributed by atoms with Gasteiger partial charge in [-0.3, -0.25) is 4.90 Å². The molecule has 1 unspecified atom stereocenters. The Kier molecular flexibility index (Phi) is 5.78. The Morgan fingerprint density at radius 3 is 2.75 bits per heavy atom. The predicted molar refractivity (Wildman–Crippen MR) is 108 cm³/mol. The fourth-order valence-electron chi connectivity index (χ4n) is 3.78. The number of ether oxygens (including phenoxy) is 2. The number of hydrogen-bond acceptors (Lipinski definition) is 5. The fraction of sp³-hybridized carbons (Fsp3) is 0.400. The molecule has 0 aromatic heterocycles. The Balaban J connectivity index is 1.39. The van der Waals surface area contributed by atoms with Gasteiger partial charge in [0.05, 0.1) is 4.90 Å². The summed E-state index contributed by atoms with van der Waals surface area (Å²) < 4.78 is 38.9. The van der Waals surface area contributed by atoms with Crippen molar-refractivity contribution in [3.8, 4) is 11.5 Å². The van der Waals surface area contributed by atoms with Crippen molar-refractivity contribution in [1.29, 1.82) is 0 Å². The molecule has 0 radical (unpaired) electrons. The lowest BCUT2D eigenvalue weighted by Crippen LogP contribution is -2.34. The first-order chi connectivity index (χ1) is 13.5. The van der Waals surface area contributed by atoms with Gasteiger partial charge in [-0.05, 0) is 55.3 Å². The van der Waals surface area contributed by atoms with Gasteiger partial charge in [-0.1, -0.05) is 23.7 Å². The Morgan fingerprint density at radius 2 is 1.93 bits per heavy atom. The van der Waals surface area contributed by atoms with Crippen molar-refractivity contribution in [2.45, 2.75) is 23.8 Å². The Bertz CT molecular complexity index is 951. The molecule has 2 aromatic rings. The van der Waals surface area contributed by atoms with Crippen molar-refractivity contribution in [3.63, 3.8) is 0 Å². The molecule has 2 aliphatic heterocycles. The van der Waals surface area contributed by atoms with Crippen LogP contribution in [0.2, 0.25) is 5.02 Å². The van der Waals surface area contributed by atoms with E-state index in [0.29, 0.717) is 31.3 Å². The molecule has 4 rings (SSSR count). The third-order valence-electron chi connectivity index (χ3n) is 5.11. The summed E-state index contributed by atoms with van der Waals surface area (Å²) in [4.78, 5) is 2.50. The van der Waals surface area contributed by atoms with Crippen molar-refractivity contribution in [2.24, 2.45) is 0 Å². The van der Waals surface area contributed by atoms with Gasteiger partial charge in [0.1, 0.15) is 13.2 Å². The lowest BCUT2D eigenvalue weighted by molar-refractivity contribution is 0.170. The largest absolute Gasteiger partial charge is 0.486 e. The highest BCUT2D eigenvalue weighted by Gasteiger charge is 2.27. The molecule has 8 heteroatoms. The highest BCUT2D eigenvalue weighted by molar-refractivity contribution is 7.89. The third-order valence-corrected chi connectivity index (χ3v) is 6.81. The van der Waals surface area contributed by atoms with Crippen molar-refractivity contribution >= 4 is 21.6 Å². The van der Waals surface area contributed by atoms with Crippen LogP contribution in [-0.2, 0) is 10.0 Å². The van der Waals surface area contributed by atoms with Crippen LogP contribution in [0, 0.1) is 0 Å². The molecule has 1 atom stereocenters. The zero-order valence-corrected chi connectivity index (χ0v) is 17.0. The summed E-state index contributed by atoms with van der Waals surface area (Å²) in [7, 11) is -3.57. The maximum atomic E-state index is 12.5. The number of nitrogens with one attached hydrogen (secondary N) is 1. The molecule has 1 saturated heterocycles. The molecule has 2 aliphatic rings. The van der Waals surface area contributed by atoms with E-state index in [1.54, 1.807) is 18.2 Å². The molecule has 1 N–H and O–H groups in total. The van der Waals surface area contributed by atoms with Crippen molar-refractivity contribution in [2.75, 3.05) is 32.8 Å². The molecule has 2 heterocycles. The van der Waals surface area contributed by atoms with Crippen LogP contribution in [0.25, 0.3) is 0 Å². The van der Waals surface area contributed by atoms with Gasteiger partial charge in [0, 0.05) is 24.2 Å². The SMILES string of the molecule is O=S(=O)(NCCN1CCCC1c1ccc2c(c1)OCCO2)c1cccc(Cl)c1. The van der Waals surface area contributed by atoms with Crippen LogP contribution < -0.4 is 14.2 Å². The zero-order chi connectivity index (χ0) is 19.6. The smallest absolute Gasteiger partial charge is 0.240 e. The third kappa shape index (κ3) is 4.27. The first-order valence-electron chi connectivity index (χ1n) is 9.42. The molecule has 0 saturated carbocycles. The topological polar surface area (TPSA) is 67.9 Å². The lowest BCUT2D eigenvalue weighted by Gasteiger charge is -2.26. The number of halogens is 1. The monoisotopic (exact) mass is 422 g/mol. The summed E-state index contributed by atoms with van der Waals surface area (Å²) in [6.45, 7) is 3.07. The maximum absolute atomic E-state index is 12.5. The summed E-state index contributed by atoms with van der Waals surface area (Å²) >= 11 is 5.91. The molecular weight excluding hydrogens is 400 g/mol.